The summed E-state index contributed by atoms with van der Waals surface area (Å²) in [7, 11) is 0. The van der Waals surface area contributed by atoms with Crippen LogP contribution in [0.2, 0.25) is 0 Å². The first-order valence-corrected chi connectivity index (χ1v) is 13.4. The van der Waals surface area contributed by atoms with Crippen molar-refractivity contribution in [2.75, 3.05) is 5.32 Å². The topological polar surface area (TPSA) is 49.9 Å². The van der Waals surface area contributed by atoms with Crippen LogP contribution in [0, 0.1) is 12.8 Å². The normalized spacial score (nSPS) is 13.6. The Labute approximate surface area is 219 Å². The van der Waals surface area contributed by atoms with Crippen molar-refractivity contribution < 1.29 is 4.74 Å². The van der Waals surface area contributed by atoms with Crippen LogP contribution in [0.4, 0.5) is 5.69 Å². The number of aryl methyl sites for hydroxylation is 1. The van der Waals surface area contributed by atoms with Crippen molar-refractivity contribution in [1.82, 2.24) is 9.97 Å². The molecule has 0 amide bonds. The molecule has 0 radical (unpaired) electrons. The lowest BCUT2D eigenvalue weighted by Crippen LogP contribution is -2.22. The van der Waals surface area contributed by atoms with E-state index in [2.05, 4.69) is 113 Å². The summed E-state index contributed by atoms with van der Waals surface area (Å²) in [6.07, 6.45) is 0. The first-order chi connectivity index (χ1) is 17.8. The molecular formula is C33H35N3O. The van der Waals surface area contributed by atoms with Crippen molar-refractivity contribution in [3.8, 4) is 28.0 Å². The summed E-state index contributed by atoms with van der Waals surface area (Å²) < 4.78 is 6.31. The molecule has 1 aliphatic heterocycles. The number of fused-ring (bicyclic) bond motifs is 6. The van der Waals surface area contributed by atoms with Gasteiger partial charge in [0.05, 0.1) is 5.52 Å². The predicted octanol–water partition coefficient (Wildman–Crippen LogP) is 8.83. The number of nitrogens with zero attached hydrogens (tertiary/aromatic N) is 1. The van der Waals surface area contributed by atoms with Gasteiger partial charge in [-0.05, 0) is 77.2 Å². The molecule has 6 rings (SSSR count). The van der Waals surface area contributed by atoms with Gasteiger partial charge >= 0.3 is 0 Å². The summed E-state index contributed by atoms with van der Waals surface area (Å²) in [6, 6.07) is 22.7. The first-order valence-electron chi connectivity index (χ1n) is 13.4. The molecule has 0 spiro atoms. The molecule has 0 saturated heterocycles. The van der Waals surface area contributed by atoms with Crippen LogP contribution in [0.3, 0.4) is 0 Å². The zero-order valence-electron chi connectivity index (χ0n) is 22.6. The van der Waals surface area contributed by atoms with Crippen LogP contribution in [-0.2, 0) is 6.61 Å². The maximum absolute atomic E-state index is 6.31. The SMILES string of the molecule is Cc1ccc2cc(-c3ccc4c(c3)COc3c-4ccc4[nH]c(C(C)C)nc34)ccc2c1NC(C)C(C)C. The number of benzene rings is 4. The molecule has 188 valence electrons. The molecule has 1 aliphatic rings. The van der Waals surface area contributed by atoms with E-state index in [1.54, 1.807) is 0 Å². The van der Waals surface area contributed by atoms with Crippen molar-refractivity contribution in [2.45, 2.75) is 60.1 Å². The second-order valence-electron chi connectivity index (χ2n) is 11.1. The molecule has 2 N–H and O–H groups in total. The van der Waals surface area contributed by atoms with Gasteiger partial charge in [-0.2, -0.15) is 0 Å². The monoisotopic (exact) mass is 489 g/mol. The van der Waals surface area contributed by atoms with Crippen molar-refractivity contribution in [1.29, 1.82) is 0 Å². The van der Waals surface area contributed by atoms with E-state index in [-0.39, 0.29) is 0 Å². The van der Waals surface area contributed by atoms with Gasteiger partial charge in [-0.3, -0.25) is 0 Å². The fraction of sp³-hybridized carbons (Fsp3) is 0.303. The third kappa shape index (κ3) is 4.05. The van der Waals surface area contributed by atoms with Gasteiger partial charge in [-0.1, -0.05) is 64.1 Å². The van der Waals surface area contributed by atoms with E-state index >= 15 is 0 Å². The molecule has 4 heteroatoms. The van der Waals surface area contributed by atoms with Gasteiger partial charge in [0.15, 0.2) is 5.75 Å². The molecule has 2 heterocycles. The van der Waals surface area contributed by atoms with Crippen LogP contribution < -0.4 is 10.1 Å². The average Bonchev–Trinajstić information content (AvgIpc) is 3.34. The summed E-state index contributed by atoms with van der Waals surface area (Å²) in [4.78, 5) is 8.29. The van der Waals surface area contributed by atoms with Crippen molar-refractivity contribution in [3.05, 3.63) is 77.6 Å². The lowest BCUT2D eigenvalue weighted by atomic mass is 9.92. The molecule has 0 aliphatic carbocycles. The standard InChI is InChI=1S/C33H35N3O/c1-18(2)21(6)34-30-20(5)7-8-24-15-22(10-12-27(24)30)23-9-11-26-25(16-23)17-37-32-28(26)13-14-29-31(32)36-33(35-29)19(3)4/h7-16,18-19,21,34H,17H2,1-6H3,(H,35,36). The molecule has 37 heavy (non-hydrogen) atoms. The highest BCUT2D eigenvalue weighted by Crippen LogP contribution is 2.43. The van der Waals surface area contributed by atoms with Gasteiger partial charge < -0.3 is 15.0 Å². The molecule has 4 aromatic carbocycles. The Balaban J connectivity index is 1.38. The van der Waals surface area contributed by atoms with Gasteiger partial charge in [0.1, 0.15) is 17.9 Å². The number of anilines is 1. The first kappa shape index (κ1) is 23.6. The number of ether oxygens (including phenoxy) is 1. The Hall–Kier alpha value is -3.79. The summed E-state index contributed by atoms with van der Waals surface area (Å²) in [5.41, 5.74) is 10.5. The van der Waals surface area contributed by atoms with Crippen molar-refractivity contribution in [2.24, 2.45) is 5.92 Å². The smallest absolute Gasteiger partial charge is 0.155 e. The predicted molar refractivity (Wildman–Crippen MR) is 156 cm³/mol. The van der Waals surface area contributed by atoms with Crippen LogP contribution in [-0.4, -0.2) is 16.0 Å². The average molecular weight is 490 g/mol. The molecule has 0 saturated carbocycles. The summed E-state index contributed by atoms with van der Waals surface area (Å²) >= 11 is 0. The van der Waals surface area contributed by atoms with Crippen LogP contribution in [0.15, 0.2) is 60.7 Å². The van der Waals surface area contributed by atoms with E-state index in [9.17, 15) is 0 Å². The van der Waals surface area contributed by atoms with E-state index in [0.29, 0.717) is 24.5 Å². The van der Waals surface area contributed by atoms with Crippen LogP contribution >= 0.6 is 0 Å². The van der Waals surface area contributed by atoms with Crippen LogP contribution in [0.1, 0.15) is 57.5 Å². The molecule has 0 bridgehead atoms. The van der Waals surface area contributed by atoms with E-state index in [0.717, 1.165) is 28.2 Å². The summed E-state index contributed by atoms with van der Waals surface area (Å²) in [5.74, 6) is 2.80. The molecule has 5 aromatic rings. The van der Waals surface area contributed by atoms with Crippen molar-refractivity contribution in [3.63, 3.8) is 0 Å². The minimum Gasteiger partial charge on any atom is -0.486 e. The summed E-state index contributed by atoms with van der Waals surface area (Å²) in [5, 5.41) is 6.28. The van der Waals surface area contributed by atoms with Gasteiger partial charge in [0.2, 0.25) is 0 Å². The molecule has 1 atom stereocenters. The number of hydrogen-bond acceptors (Lipinski definition) is 3. The second-order valence-corrected chi connectivity index (χ2v) is 11.1. The third-order valence-electron chi connectivity index (χ3n) is 7.87. The molecule has 1 unspecified atom stereocenters. The lowest BCUT2D eigenvalue weighted by Gasteiger charge is -2.23. The van der Waals surface area contributed by atoms with Gasteiger partial charge in [-0.15, -0.1) is 0 Å². The number of aromatic amines is 1. The van der Waals surface area contributed by atoms with E-state index in [1.165, 1.54) is 44.3 Å². The number of imidazole rings is 1. The fourth-order valence-electron chi connectivity index (χ4n) is 5.21. The molecule has 0 fully saturated rings. The lowest BCUT2D eigenvalue weighted by molar-refractivity contribution is 0.305. The Morgan fingerprint density at radius 3 is 2.41 bits per heavy atom. The van der Waals surface area contributed by atoms with Crippen molar-refractivity contribution >= 4 is 27.5 Å². The Morgan fingerprint density at radius 2 is 1.62 bits per heavy atom. The minimum atomic E-state index is 0.345. The van der Waals surface area contributed by atoms with Gasteiger partial charge in [-0.25, -0.2) is 4.98 Å². The quantitative estimate of drug-likeness (QED) is 0.259. The number of H-pyrrole nitrogens is 1. The van der Waals surface area contributed by atoms with Gasteiger partial charge in [0.25, 0.3) is 0 Å². The highest BCUT2D eigenvalue weighted by molar-refractivity contribution is 5.98. The molecular weight excluding hydrogens is 454 g/mol. The Bertz CT molecular complexity index is 1640. The highest BCUT2D eigenvalue weighted by atomic mass is 16.5. The van der Waals surface area contributed by atoms with Gasteiger partial charge in [0, 0.05) is 28.6 Å². The van der Waals surface area contributed by atoms with E-state index in [1.807, 2.05) is 0 Å². The number of hydrogen-bond donors (Lipinski definition) is 2. The molecule has 4 nitrogen and oxygen atoms in total. The number of nitrogens with one attached hydrogen (secondary N) is 2. The second kappa shape index (κ2) is 8.95. The number of aromatic nitrogens is 2. The Morgan fingerprint density at radius 1 is 0.865 bits per heavy atom. The fourth-order valence-corrected chi connectivity index (χ4v) is 5.21. The van der Waals surface area contributed by atoms with Crippen LogP contribution in [0.5, 0.6) is 5.75 Å². The molecule has 1 aromatic heterocycles. The maximum atomic E-state index is 6.31. The van der Waals surface area contributed by atoms with E-state index in [4.69, 9.17) is 9.72 Å². The zero-order valence-corrected chi connectivity index (χ0v) is 22.6. The van der Waals surface area contributed by atoms with Crippen LogP contribution in [0.25, 0.3) is 44.1 Å². The van der Waals surface area contributed by atoms with E-state index < -0.39 is 0 Å². The maximum Gasteiger partial charge on any atom is 0.155 e. The summed E-state index contributed by atoms with van der Waals surface area (Å²) in [6.45, 7) is 13.8. The highest BCUT2D eigenvalue weighted by Gasteiger charge is 2.22. The largest absolute Gasteiger partial charge is 0.486 e. The number of rotatable bonds is 5. The third-order valence-corrected chi connectivity index (χ3v) is 7.87. The Kier molecular flexibility index (Phi) is 5.71. The minimum absolute atomic E-state index is 0.345. The zero-order chi connectivity index (χ0) is 25.8.